The van der Waals surface area contributed by atoms with Gasteiger partial charge >= 0.3 is 0 Å². The van der Waals surface area contributed by atoms with Gasteiger partial charge in [-0.2, -0.15) is 5.26 Å². The van der Waals surface area contributed by atoms with Gasteiger partial charge in [0.05, 0.1) is 18.2 Å². The molecule has 0 fully saturated rings. The Hall–Kier alpha value is -3.80. The van der Waals surface area contributed by atoms with Crippen LogP contribution in [0.1, 0.15) is 22.6 Å². The van der Waals surface area contributed by atoms with Crippen molar-refractivity contribution in [3.8, 4) is 6.07 Å². The van der Waals surface area contributed by atoms with Crippen LogP contribution in [0.4, 0.5) is 10.1 Å². The fourth-order valence-electron chi connectivity index (χ4n) is 4.26. The zero-order chi connectivity index (χ0) is 24.0. The molecule has 1 atom stereocenters. The summed E-state index contributed by atoms with van der Waals surface area (Å²) in [5, 5.41) is 10.2. The molecule has 0 amide bonds. The lowest BCUT2D eigenvalue weighted by Crippen LogP contribution is -2.39. The predicted molar refractivity (Wildman–Crippen MR) is 127 cm³/mol. The summed E-state index contributed by atoms with van der Waals surface area (Å²) < 4.78 is 48.8. The highest BCUT2D eigenvalue weighted by Gasteiger charge is 2.47. The van der Waals surface area contributed by atoms with E-state index < -0.39 is 21.8 Å². The van der Waals surface area contributed by atoms with Gasteiger partial charge in [-0.15, -0.1) is 0 Å². The fourth-order valence-corrected chi connectivity index (χ4v) is 6.40. The number of nitriles is 1. The van der Waals surface area contributed by atoms with Crippen molar-refractivity contribution in [1.29, 1.82) is 5.26 Å². The second-order valence-corrected chi connectivity index (χ2v) is 10.0. The third-order valence-electron chi connectivity index (χ3n) is 5.81. The minimum atomic E-state index is -4.23. The quantitative estimate of drug-likeness (QED) is 0.553. The number of sulfonamides is 1. The first kappa shape index (κ1) is 22.0. The van der Waals surface area contributed by atoms with Gasteiger partial charge in [0.1, 0.15) is 22.4 Å². The normalized spacial score (nSPS) is 18.6. The molecule has 3 aromatic carbocycles. The number of hydrogen-bond acceptors (Lipinski definition) is 5. The average molecular weight is 494 g/mol. The van der Waals surface area contributed by atoms with Crippen molar-refractivity contribution >= 4 is 33.1 Å². The highest BCUT2D eigenvalue weighted by atomic mass is 35.5. The van der Waals surface area contributed by atoms with Crippen LogP contribution in [0.25, 0.3) is 5.76 Å². The molecule has 0 bridgehead atoms. The van der Waals surface area contributed by atoms with E-state index >= 15 is 0 Å². The van der Waals surface area contributed by atoms with Crippen LogP contribution in [-0.4, -0.2) is 8.42 Å². The molecule has 0 spiro atoms. The number of hydrogen-bond donors (Lipinski definition) is 1. The fraction of sp³-hybridized carbons (Fsp3) is 0.0800. The number of anilines is 1. The van der Waals surface area contributed by atoms with Crippen LogP contribution in [0.5, 0.6) is 0 Å². The van der Waals surface area contributed by atoms with E-state index in [-0.39, 0.29) is 28.7 Å². The molecule has 2 N–H and O–H groups in total. The molecule has 1 unspecified atom stereocenters. The smallest absolute Gasteiger partial charge is 0.265 e. The molecule has 3 aromatic rings. The van der Waals surface area contributed by atoms with Crippen molar-refractivity contribution in [2.24, 2.45) is 5.73 Å². The predicted octanol–water partition coefficient (Wildman–Crippen LogP) is 5.01. The summed E-state index contributed by atoms with van der Waals surface area (Å²) in [4.78, 5) is -0.118. The molecule has 0 saturated heterocycles. The maximum Gasteiger partial charge on any atom is 0.265 e. The number of ether oxygens (including phenoxy) is 1. The molecule has 0 aliphatic carbocycles. The van der Waals surface area contributed by atoms with E-state index in [2.05, 4.69) is 0 Å². The minimum Gasteiger partial charge on any atom is -0.439 e. The number of benzene rings is 3. The van der Waals surface area contributed by atoms with Gasteiger partial charge in [-0.3, -0.25) is 4.31 Å². The Bertz CT molecular complexity index is 1530. The van der Waals surface area contributed by atoms with Gasteiger partial charge in [-0.05, 0) is 41.5 Å². The minimum absolute atomic E-state index is 0.0449. The lowest BCUT2D eigenvalue weighted by atomic mass is 9.88. The van der Waals surface area contributed by atoms with Gasteiger partial charge in [0.15, 0.2) is 5.76 Å². The SMILES string of the molecule is N#CC1=C(N)OC2=C(C1c1ccccc1Cl)S(=O)(=O)N(Cc1ccc(F)cc1)c1ccccc12. The van der Waals surface area contributed by atoms with Crippen LogP contribution in [-0.2, 0) is 21.3 Å². The number of rotatable bonds is 3. The Morgan fingerprint density at radius 3 is 2.44 bits per heavy atom. The summed E-state index contributed by atoms with van der Waals surface area (Å²) in [5.41, 5.74) is 7.96. The van der Waals surface area contributed by atoms with Gasteiger partial charge in [-0.1, -0.05) is 54.1 Å². The first-order valence-electron chi connectivity index (χ1n) is 10.3. The van der Waals surface area contributed by atoms with Crippen LogP contribution < -0.4 is 10.0 Å². The van der Waals surface area contributed by atoms with Crippen molar-refractivity contribution in [3.05, 3.63) is 117 Å². The lowest BCUT2D eigenvalue weighted by molar-refractivity contribution is 0.357. The van der Waals surface area contributed by atoms with Crippen molar-refractivity contribution in [2.45, 2.75) is 12.5 Å². The highest BCUT2D eigenvalue weighted by Crippen LogP contribution is 2.52. The molecular formula is C25H17ClFN3O3S. The Balaban J connectivity index is 1.77. The second kappa shape index (κ2) is 8.20. The van der Waals surface area contributed by atoms with Crippen LogP contribution >= 0.6 is 11.6 Å². The van der Waals surface area contributed by atoms with Gasteiger partial charge < -0.3 is 10.5 Å². The molecule has 0 saturated carbocycles. The molecular weight excluding hydrogens is 477 g/mol. The molecule has 170 valence electrons. The number of halogens is 2. The maximum atomic E-state index is 14.1. The molecule has 2 heterocycles. The number of nitrogens with zero attached hydrogens (tertiary/aromatic N) is 2. The number of nitrogens with two attached hydrogens (primary N) is 1. The third-order valence-corrected chi connectivity index (χ3v) is 8.04. The van der Waals surface area contributed by atoms with Gasteiger partial charge in [0, 0.05) is 10.6 Å². The van der Waals surface area contributed by atoms with Crippen molar-refractivity contribution < 1.29 is 17.5 Å². The molecule has 0 radical (unpaired) electrons. The van der Waals surface area contributed by atoms with Gasteiger partial charge in [-0.25, -0.2) is 12.8 Å². The van der Waals surface area contributed by atoms with E-state index in [9.17, 15) is 18.1 Å². The van der Waals surface area contributed by atoms with Crippen LogP contribution in [0, 0.1) is 17.1 Å². The Morgan fingerprint density at radius 1 is 1.06 bits per heavy atom. The summed E-state index contributed by atoms with van der Waals surface area (Å²) >= 11 is 6.45. The van der Waals surface area contributed by atoms with E-state index in [1.807, 2.05) is 6.07 Å². The summed E-state index contributed by atoms with van der Waals surface area (Å²) in [5.74, 6) is -1.60. The number of allylic oxidation sites excluding steroid dienone is 2. The summed E-state index contributed by atoms with van der Waals surface area (Å²) in [7, 11) is -4.23. The van der Waals surface area contributed by atoms with E-state index in [1.165, 1.54) is 28.6 Å². The first-order valence-corrected chi connectivity index (χ1v) is 12.1. The Labute approximate surface area is 201 Å². The van der Waals surface area contributed by atoms with E-state index in [1.54, 1.807) is 48.5 Å². The summed E-state index contributed by atoms with van der Waals surface area (Å²) in [6.07, 6.45) is 0. The molecule has 34 heavy (non-hydrogen) atoms. The molecule has 2 aliphatic heterocycles. The van der Waals surface area contributed by atoms with Crippen molar-refractivity contribution in [2.75, 3.05) is 4.31 Å². The summed E-state index contributed by atoms with van der Waals surface area (Å²) in [6.45, 7) is -0.0489. The van der Waals surface area contributed by atoms with E-state index in [0.29, 0.717) is 27.4 Å². The van der Waals surface area contributed by atoms with Crippen LogP contribution in [0.2, 0.25) is 5.02 Å². The zero-order valence-corrected chi connectivity index (χ0v) is 19.1. The molecule has 0 aromatic heterocycles. The number of fused-ring (bicyclic) bond motifs is 2. The standard InChI is InChI=1S/C25H17ClFN3O3S/c26-20-7-3-1-5-17(20)22-19(13-28)25(29)33-23-18-6-2-4-8-21(18)30(34(31,32)24(22)23)14-15-9-11-16(27)12-10-15/h1-12,22H,14,29H2. The van der Waals surface area contributed by atoms with Gasteiger partial charge in [0.25, 0.3) is 10.0 Å². The molecule has 6 nitrogen and oxygen atoms in total. The van der Waals surface area contributed by atoms with Gasteiger partial charge in [0.2, 0.25) is 5.88 Å². The highest BCUT2D eigenvalue weighted by molar-refractivity contribution is 7.96. The molecule has 9 heteroatoms. The van der Waals surface area contributed by atoms with Crippen molar-refractivity contribution in [1.82, 2.24) is 0 Å². The largest absolute Gasteiger partial charge is 0.439 e. The number of para-hydroxylation sites is 1. The van der Waals surface area contributed by atoms with E-state index in [0.717, 1.165) is 0 Å². The van der Waals surface area contributed by atoms with Crippen molar-refractivity contribution in [3.63, 3.8) is 0 Å². The second-order valence-electron chi connectivity index (χ2n) is 7.79. The van der Waals surface area contributed by atoms with Crippen LogP contribution in [0.15, 0.2) is 89.2 Å². The van der Waals surface area contributed by atoms with Crippen LogP contribution in [0.3, 0.4) is 0 Å². The Morgan fingerprint density at radius 2 is 1.74 bits per heavy atom. The Kier molecular flexibility index (Phi) is 5.31. The molecule has 2 aliphatic rings. The average Bonchev–Trinajstić information content (AvgIpc) is 2.82. The first-order chi connectivity index (χ1) is 16.3. The zero-order valence-electron chi connectivity index (χ0n) is 17.6. The topological polar surface area (TPSA) is 96.4 Å². The third kappa shape index (κ3) is 3.41. The summed E-state index contributed by atoms with van der Waals surface area (Å²) in [6, 6.07) is 21.2. The molecule has 5 rings (SSSR count). The lowest BCUT2D eigenvalue weighted by Gasteiger charge is -2.38. The van der Waals surface area contributed by atoms with E-state index in [4.69, 9.17) is 22.1 Å². The monoisotopic (exact) mass is 493 g/mol. The maximum absolute atomic E-state index is 14.1.